The molecule has 12 nitrogen and oxygen atoms in total. The summed E-state index contributed by atoms with van der Waals surface area (Å²) in [5.74, 6) is 0. The lowest BCUT2D eigenvalue weighted by Crippen LogP contribution is -2.37. The van der Waals surface area contributed by atoms with Crippen molar-refractivity contribution in [3.8, 4) is 0 Å². The Labute approximate surface area is 269 Å². The van der Waals surface area contributed by atoms with Gasteiger partial charge in [0.2, 0.25) is 0 Å². The Hall–Kier alpha value is 0.410. The van der Waals surface area contributed by atoms with Gasteiger partial charge in [-0.25, -0.2) is 0 Å². The monoisotopic (exact) mass is 680 g/mol. The molecule has 0 amide bonds. The minimum absolute atomic E-state index is 0.856. The van der Waals surface area contributed by atoms with E-state index < -0.39 is 26.3 Å². The van der Waals surface area contributed by atoms with E-state index in [4.69, 9.17) is 26.6 Å². The normalized spacial score (nSPS) is 12.8. The second-order valence-corrected chi connectivity index (χ2v) is 19.9. The Morgan fingerprint density at radius 1 is 0.442 bits per heavy atom. The zero-order valence-corrected chi connectivity index (χ0v) is 32.9. The van der Waals surface area contributed by atoms with E-state index in [1.165, 1.54) is 77.0 Å². The summed E-state index contributed by atoms with van der Waals surface area (Å²) in [6, 6.07) is 0. The highest BCUT2D eigenvalue weighted by Crippen LogP contribution is 2.65. The van der Waals surface area contributed by atoms with Gasteiger partial charge >= 0.3 is 15.9 Å². The topological polar surface area (TPSA) is 118 Å². The largest absolute Gasteiger partial charge is 0.759 e. The molecule has 0 fully saturated rings. The first-order valence-electron chi connectivity index (χ1n) is 15.6. The molecule has 0 aromatic heterocycles. The molecule has 264 valence electrons. The predicted octanol–water partition coefficient (Wildman–Crippen LogP) is 6.11. The van der Waals surface area contributed by atoms with Gasteiger partial charge in [0.15, 0.2) is 0 Å². The summed E-state index contributed by atoms with van der Waals surface area (Å²) >= 11 is 0. The standard InChI is InChI=1S/2C14H35N3OP.H2O4S/c2*1-8-9-10-11-12-13-14-18-19(15(2)3,16(4)5)17(6)7;1-5(2,3)4/h2*8-14H2,1-7H3;(H2,1,2,3,4)/q2*+1;/p-2. The van der Waals surface area contributed by atoms with Crippen molar-refractivity contribution in [2.75, 3.05) is 97.8 Å². The summed E-state index contributed by atoms with van der Waals surface area (Å²) in [6.45, 7) is 6.23. The third kappa shape index (κ3) is 21.8. The SMILES string of the molecule is CCCCCCCCO[P+](N(C)C)(N(C)C)N(C)C.CCCCCCCCO[P+](N(C)C)(N(C)C)N(C)C.O=S(=O)([O-])[O-]. The molecule has 0 aromatic rings. The van der Waals surface area contributed by atoms with Crippen LogP contribution >= 0.6 is 15.9 Å². The number of hydrogen-bond acceptors (Lipinski definition) is 12. The first kappa shape index (κ1) is 47.8. The summed E-state index contributed by atoms with van der Waals surface area (Å²) < 4.78 is 60.1. The highest BCUT2D eigenvalue weighted by Gasteiger charge is 2.51. The van der Waals surface area contributed by atoms with E-state index in [1.54, 1.807) is 0 Å². The van der Waals surface area contributed by atoms with E-state index in [0.29, 0.717) is 0 Å². The van der Waals surface area contributed by atoms with Crippen LogP contribution in [0.1, 0.15) is 90.9 Å². The van der Waals surface area contributed by atoms with Crippen LogP contribution in [0.25, 0.3) is 0 Å². The van der Waals surface area contributed by atoms with Gasteiger partial charge in [-0.2, -0.15) is 9.05 Å². The molecular formula is C28H70N6O6P2S. The lowest BCUT2D eigenvalue weighted by molar-refractivity contribution is 0.233. The van der Waals surface area contributed by atoms with Crippen LogP contribution in [0.15, 0.2) is 0 Å². The average molecular weight is 681 g/mol. The summed E-state index contributed by atoms with van der Waals surface area (Å²) in [4.78, 5) is 0. The summed E-state index contributed by atoms with van der Waals surface area (Å²) in [6.07, 6.45) is 15.7. The van der Waals surface area contributed by atoms with Gasteiger partial charge in [-0.1, -0.05) is 78.1 Å². The predicted molar refractivity (Wildman–Crippen MR) is 185 cm³/mol. The van der Waals surface area contributed by atoms with Gasteiger partial charge in [0, 0.05) is 95.0 Å². The summed E-state index contributed by atoms with van der Waals surface area (Å²) in [7, 11) is 16.6. The van der Waals surface area contributed by atoms with E-state index in [9.17, 15) is 0 Å². The van der Waals surface area contributed by atoms with E-state index in [2.05, 4.69) is 126 Å². The second kappa shape index (κ2) is 26.5. The van der Waals surface area contributed by atoms with E-state index in [0.717, 1.165) is 13.2 Å². The minimum atomic E-state index is -5.17. The van der Waals surface area contributed by atoms with Crippen molar-refractivity contribution in [3.05, 3.63) is 0 Å². The Morgan fingerprint density at radius 2 is 0.628 bits per heavy atom. The van der Waals surface area contributed by atoms with Crippen LogP contribution in [-0.2, 0) is 19.4 Å². The van der Waals surface area contributed by atoms with E-state index in [-0.39, 0.29) is 0 Å². The summed E-state index contributed by atoms with van der Waals surface area (Å²) in [5.41, 5.74) is 0. The Kier molecular flexibility index (Phi) is 29.4. The van der Waals surface area contributed by atoms with E-state index in [1.807, 2.05) is 0 Å². The minimum Gasteiger partial charge on any atom is -0.759 e. The lowest BCUT2D eigenvalue weighted by atomic mass is 10.1. The number of rotatable bonds is 22. The first-order chi connectivity index (χ1) is 19.8. The maximum atomic E-state index is 8.52. The van der Waals surface area contributed by atoms with Gasteiger partial charge in [0.05, 0.1) is 13.2 Å². The van der Waals surface area contributed by atoms with Crippen LogP contribution in [-0.4, -0.2) is 143 Å². The molecule has 0 heterocycles. The van der Waals surface area contributed by atoms with Gasteiger partial charge in [-0.05, 0) is 12.8 Å². The van der Waals surface area contributed by atoms with Crippen molar-refractivity contribution in [2.24, 2.45) is 0 Å². The fourth-order valence-corrected chi connectivity index (χ4v) is 11.4. The van der Waals surface area contributed by atoms with Crippen LogP contribution in [0, 0.1) is 0 Å². The van der Waals surface area contributed by atoms with Gasteiger partial charge in [0.1, 0.15) is 0 Å². The molecule has 0 aliphatic rings. The molecule has 0 spiro atoms. The van der Waals surface area contributed by atoms with Crippen molar-refractivity contribution < 1.29 is 26.6 Å². The molecule has 0 radical (unpaired) electrons. The van der Waals surface area contributed by atoms with Crippen LogP contribution in [0.2, 0.25) is 0 Å². The third-order valence-corrected chi connectivity index (χ3v) is 14.0. The molecule has 43 heavy (non-hydrogen) atoms. The van der Waals surface area contributed by atoms with Crippen LogP contribution in [0.3, 0.4) is 0 Å². The molecule has 0 aliphatic heterocycles. The highest BCUT2D eigenvalue weighted by molar-refractivity contribution is 7.79. The van der Waals surface area contributed by atoms with Gasteiger partial charge in [-0.3, -0.25) is 8.42 Å². The Bertz CT molecular complexity index is 650. The zero-order valence-electron chi connectivity index (χ0n) is 30.3. The molecule has 0 unspecified atom stereocenters. The quantitative estimate of drug-likeness (QED) is 0.0568. The lowest BCUT2D eigenvalue weighted by Gasteiger charge is -2.37. The van der Waals surface area contributed by atoms with Gasteiger partial charge < -0.3 is 9.11 Å². The molecule has 0 aliphatic carbocycles. The van der Waals surface area contributed by atoms with Crippen molar-refractivity contribution in [1.82, 2.24) is 28.0 Å². The Balaban J connectivity index is -0.000000642. The van der Waals surface area contributed by atoms with Crippen LogP contribution in [0.4, 0.5) is 0 Å². The van der Waals surface area contributed by atoms with Crippen LogP contribution < -0.4 is 0 Å². The highest BCUT2D eigenvalue weighted by atomic mass is 32.3. The molecule has 0 N–H and O–H groups in total. The van der Waals surface area contributed by atoms with Gasteiger partial charge in [-0.15, -0.1) is 28.0 Å². The van der Waals surface area contributed by atoms with Crippen molar-refractivity contribution >= 4 is 26.3 Å². The fourth-order valence-electron chi connectivity index (χ4n) is 4.98. The zero-order chi connectivity index (χ0) is 34.3. The van der Waals surface area contributed by atoms with Gasteiger partial charge in [0.25, 0.3) is 0 Å². The van der Waals surface area contributed by atoms with E-state index >= 15 is 0 Å². The summed E-state index contributed by atoms with van der Waals surface area (Å²) in [5, 5.41) is 0. The fraction of sp³-hybridized carbons (Fsp3) is 1.00. The second-order valence-electron chi connectivity index (χ2n) is 11.7. The van der Waals surface area contributed by atoms with Crippen molar-refractivity contribution in [2.45, 2.75) is 90.9 Å². The molecule has 0 atom stereocenters. The molecule has 15 heteroatoms. The first-order valence-corrected chi connectivity index (χ1v) is 20.1. The Morgan fingerprint density at radius 3 is 0.814 bits per heavy atom. The third-order valence-electron chi connectivity index (χ3n) is 6.65. The maximum absolute atomic E-state index is 8.52. The average Bonchev–Trinajstić information content (AvgIpc) is 2.85. The number of nitrogens with zero attached hydrogens (tertiary/aromatic N) is 6. The van der Waals surface area contributed by atoms with Crippen LogP contribution in [0.5, 0.6) is 0 Å². The smallest absolute Gasteiger partial charge is 0.369 e. The molecule has 0 rings (SSSR count). The maximum Gasteiger partial charge on any atom is 0.369 e. The van der Waals surface area contributed by atoms with Crippen molar-refractivity contribution in [1.29, 1.82) is 0 Å². The number of hydrogen-bond donors (Lipinski definition) is 0. The van der Waals surface area contributed by atoms with Crippen molar-refractivity contribution in [3.63, 3.8) is 0 Å². The molecule has 0 aromatic carbocycles. The molecule has 0 saturated carbocycles. The number of unbranched alkanes of at least 4 members (excludes halogenated alkanes) is 10. The molecular weight excluding hydrogens is 610 g/mol. The molecule has 0 bridgehead atoms. The molecule has 0 saturated heterocycles.